The quantitative estimate of drug-likeness (QED) is 0.504. The molecule has 0 N–H and O–H groups in total. The molecule has 0 aliphatic heterocycles. The third-order valence-electron chi connectivity index (χ3n) is 2.90. The zero-order chi connectivity index (χ0) is 10.8. The van der Waals surface area contributed by atoms with Gasteiger partial charge in [0, 0.05) is 17.4 Å². The van der Waals surface area contributed by atoms with Crippen LogP contribution in [-0.2, 0) is 9.59 Å². The van der Waals surface area contributed by atoms with E-state index in [9.17, 15) is 9.59 Å². The molecule has 15 heavy (non-hydrogen) atoms. The van der Waals surface area contributed by atoms with Crippen LogP contribution in [0.5, 0.6) is 0 Å². The first-order valence-corrected chi connectivity index (χ1v) is 4.97. The Bertz CT molecular complexity index is 422. The van der Waals surface area contributed by atoms with E-state index >= 15 is 0 Å². The van der Waals surface area contributed by atoms with Crippen LogP contribution < -0.4 is 0 Å². The van der Waals surface area contributed by atoms with Crippen LogP contribution in [0.1, 0.15) is 6.92 Å². The highest BCUT2D eigenvalue weighted by Gasteiger charge is 2.29. The van der Waals surface area contributed by atoms with Crippen LogP contribution in [0.3, 0.4) is 0 Å². The Kier molecular flexibility index (Phi) is 2.50. The van der Waals surface area contributed by atoms with Crippen molar-refractivity contribution in [3.05, 3.63) is 47.6 Å². The van der Waals surface area contributed by atoms with Gasteiger partial charge < -0.3 is 0 Å². The Labute approximate surface area is 88.7 Å². The van der Waals surface area contributed by atoms with Crippen LogP contribution >= 0.6 is 0 Å². The van der Waals surface area contributed by atoms with Gasteiger partial charge in [-0.05, 0) is 6.92 Å². The molecule has 76 valence electrons. The highest BCUT2D eigenvalue weighted by molar-refractivity contribution is 6.33. The number of aldehydes is 1. The number of hydrogen-bond acceptors (Lipinski definition) is 2. The van der Waals surface area contributed by atoms with Crippen LogP contribution in [0.15, 0.2) is 47.6 Å². The third-order valence-corrected chi connectivity index (χ3v) is 2.90. The number of ketones is 1. The summed E-state index contributed by atoms with van der Waals surface area (Å²) in [5.41, 5.74) is 1.74. The van der Waals surface area contributed by atoms with Crippen molar-refractivity contribution >= 4 is 12.1 Å². The molecule has 0 saturated carbocycles. The van der Waals surface area contributed by atoms with Crippen molar-refractivity contribution in [2.75, 3.05) is 0 Å². The van der Waals surface area contributed by atoms with E-state index in [4.69, 9.17) is 0 Å². The molecule has 2 nitrogen and oxygen atoms in total. The largest absolute Gasteiger partial charge is 0.294 e. The van der Waals surface area contributed by atoms with Crippen molar-refractivity contribution in [1.82, 2.24) is 0 Å². The Morgan fingerprint density at radius 2 is 1.93 bits per heavy atom. The topological polar surface area (TPSA) is 34.1 Å². The van der Waals surface area contributed by atoms with E-state index in [0.717, 1.165) is 5.57 Å². The third kappa shape index (κ3) is 1.63. The first kappa shape index (κ1) is 9.84. The Hall–Kier alpha value is -1.70. The molecule has 2 aliphatic carbocycles. The van der Waals surface area contributed by atoms with E-state index in [1.54, 1.807) is 6.08 Å². The highest BCUT2D eigenvalue weighted by Crippen LogP contribution is 2.35. The molecule has 2 unspecified atom stereocenters. The van der Waals surface area contributed by atoms with E-state index in [-0.39, 0.29) is 11.8 Å². The van der Waals surface area contributed by atoms with Crippen LogP contribution in [0.2, 0.25) is 0 Å². The Balaban J connectivity index is 2.40. The number of fused-ring (bicyclic) bond motifs is 1. The van der Waals surface area contributed by atoms with Crippen molar-refractivity contribution < 1.29 is 9.59 Å². The predicted octanol–water partition coefficient (Wildman–Crippen LogP) is 2.00. The molecular weight excluding hydrogens is 188 g/mol. The minimum Gasteiger partial charge on any atom is -0.294 e. The predicted molar refractivity (Wildman–Crippen MR) is 58.2 cm³/mol. The lowest BCUT2D eigenvalue weighted by molar-refractivity contribution is -0.127. The number of carbonyl (C=O) groups is 2. The highest BCUT2D eigenvalue weighted by atomic mass is 16.2. The Morgan fingerprint density at radius 3 is 2.60 bits per heavy atom. The minimum absolute atomic E-state index is 0.0534. The second-order valence-electron chi connectivity index (χ2n) is 3.84. The zero-order valence-corrected chi connectivity index (χ0v) is 8.51. The average molecular weight is 200 g/mol. The van der Waals surface area contributed by atoms with Gasteiger partial charge in [0.1, 0.15) is 0 Å². The van der Waals surface area contributed by atoms with E-state index in [1.807, 2.05) is 25.2 Å². The summed E-state index contributed by atoms with van der Waals surface area (Å²) >= 11 is 0. The van der Waals surface area contributed by atoms with E-state index in [1.165, 1.54) is 0 Å². The molecule has 0 bridgehead atoms. The Morgan fingerprint density at radius 1 is 1.27 bits per heavy atom. The lowest BCUT2D eigenvalue weighted by atomic mass is 9.74. The summed E-state index contributed by atoms with van der Waals surface area (Å²) in [6, 6.07) is 0. The molecule has 2 heteroatoms. The molecule has 2 rings (SSSR count). The summed E-state index contributed by atoms with van der Waals surface area (Å²) < 4.78 is 0. The lowest BCUT2D eigenvalue weighted by Gasteiger charge is -2.29. The van der Waals surface area contributed by atoms with Gasteiger partial charge in [-0.15, -0.1) is 0 Å². The van der Waals surface area contributed by atoms with Gasteiger partial charge in [0.25, 0.3) is 0 Å². The first-order chi connectivity index (χ1) is 7.24. The fourth-order valence-corrected chi connectivity index (χ4v) is 2.18. The fourth-order valence-electron chi connectivity index (χ4n) is 2.18. The normalized spacial score (nSPS) is 27.8. The maximum Gasteiger partial charge on any atom is 0.221 e. The standard InChI is InChI=1S/C13H12O2/c1-9-4-2-5-10-6-3-7-11(13(9)10)12(15)8-14/h2-8,10,13H,1H3. The van der Waals surface area contributed by atoms with Gasteiger partial charge in [-0.2, -0.15) is 0 Å². The van der Waals surface area contributed by atoms with Gasteiger partial charge in [0.2, 0.25) is 5.78 Å². The van der Waals surface area contributed by atoms with Crippen molar-refractivity contribution in [1.29, 1.82) is 0 Å². The van der Waals surface area contributed by atoms with E-state index < -0.39 is 5.78 Å². The van der Waals surface area contributed by atoms with Crippen molar-refractivity contribution in [3.63, 3.8) is 0 Å². The van der Waals surface area contributed by atoms with Crippen LogP contribution in [-0.4, -0.2) is 12.1 Å². The van der Waals surface area contributed by atoms with Crippen LogP contribution in [0, 0.1) is 11.8 Å². The van der Waals surface area contributed by atoms with Gasteiger partial charge in [0.15, 0.2) is 6.29 Å². The smallest absolute Gasteiger partial charge is 0.221 e. The van der Waals surface area contributed by atoms with Crippen LogP contribution in [0.25, 0.3) is 0 Å². The van der Waals surface area contributed by atoms with Gasteiger partial charge >= 0.3 is 0 Å². The maximum atomic E-state index is 11.4. The average Bonchev–Trinajstić information content (AvgIpc) is 2.28. The van der Waals surface area contributed by atoms with Gasteiger partial charge in [0.05, 0.1) is 0 Å². The van der Waals surface area contributed by atoms with Gasteiger partial charge in [-0.25, -0.2) is 0 Å². The maximum absolute atomic E-state index is 11.4. The van der Waals surface area contributed by atoms with Gasteiger partial charge in [-0.1, -0.05) is 42.0 Å². The number of rotatable bonds is 2. The molecule has 0 saturated heterocycles. The number of Topliss-reactive ketones (excluding diaryl/α,β-unsaturated/α-hetero) is 1. The summed E-state index contributed by atoms with van der Waals surface area (Å²) in [6.45, 7) is 1.99. The molecule has 0 aromatic rings. The molecule has 0 spiro atoms. The minimum atomic E-state index is -0.405. The monoisotopic (exact) mass is 200 g/mol. The SMILES string of the molecule is CC1=CC=CC2C=CC=C(C(=O)C=O)C12. The molecule has 0 radical (unpaired) electrons. The molecule has 0 aromatic carbocycles. The molecule has 2 aliphatic rings. The number of allylic oxidation sites excluding steroid dienone is 8. The van der Waals surface area contributed by atoms with E-state index in [0.29, 0.717) is 11.9 Å². The summed E-state index contributed by atoms with van der Waals surface area (Å²) in [6.07, 6.45) is 12.1. The summed E-state index contributed by atoms with van der Waals surface area (Å²) in [5, 5.41) is 0. The van der Waals surface area contributed by atoms with Crippen molar-refractivity contribution in [2.45, 2.75) is 6.92 Å². The molecule has 0 heterocycles. The fraction of sp³-hybridized carbons (Fsp3) is 0.231. The zero-order valence-electron chi connectivity index (χ0n) is 8.51. The lowest BCUT2D eigenvalue weighted by Crippen LogP contribution is -2.24. The number of hydrogen-bond donors (Lipinski definition) is 0. The molecule has 0 amide bonds. The summed E-state index contributed by atoms with van der Waals surface area (Å²) in [4.78, 5) is 22.0. The second kappa shape index (κ2) is 3.81. The summed E-state index contributed by atoms with van der Waals surface area (Å²) in [5.74, 6) is -0.131. The van der Waals surface area contributed by atoms with Crippen LogP contribution in [0.4, 0.5) is 0 Å². The first-order valence-electron chi connectivity index (χ1n) is 4.97. The van der Waals surface area contributed by atoms with Gasteiger partial charge in [-0.3, -0.25) is 9.59 Å². The van der Waals surface area contributed by atoms with Crippen molar-refractivity contribution in [3.8, 4) is 0 Å². The van der Waals surface area contributed by atoms with Crippen molar-refractivity contribution in [2.24, 2.45) is 11.8 Å². The molecular formula is C13H12O2. The molecule has 2 atom stereocenters. The molecule has 0 fully saturated rings. The van der Waals surface area contributed by atoms with E-state index in [2.05, 4.69) is 12.2 Å². The number of carbonyl (C=O) groups excluding carboxylic acids is 2. The molecule has 0 aromatic heterocycles. The summed E-state index contributed by atoms with van der Waals surface area (Å²) in [7, 11) is 0. The second-order valence-corrected chi connectivity index (χ2v) is 3.84.